The summed E-state index contributed by atoms with van der Waals surface area (Å²) in [5.74, 6) is 0.733. The van der Waals surface area contributed by atoms with E-state index >= 15 is 0 Å². The summed E-state index contributed by atoms with van der Waals surface area (Å²) in [7, 11) is -3.75. The van der Waals surface area contributed by atoms with Crippen LogP contribution in [0.15, 0.2) is 46.1 Å². The molecule has 2 saturated heterocycles. The van der Waals surface area contributed by atoms with Gasteiger partial charge in [-0.25, -0.2) is 13.4 Å². The lowest BCUT2D eigenvalue weighted by atomic mass is 10.0. The number of ether oxygens (including phenoxy) is 3. The summed E-state index contributed by atoms with van der Waals surface area (Å²) in [6.07, 6.45) is 5.19. The molecule has 2 aliphatic rings. The normalized spacial score (nSPS) is 20.1. The topological polar surface area (TPSA) is 114 Å². The van der Waals surface area contributed by atoms with Gasteiger partial charge in [-0.2, -0.15) is 4.31 Å². The van der Waals surface area contributed by atoms with Crippen molar-refractivity contribution >= 4 is 20.9 Å². The number of epoxide rings is 1. The van der Waals surface area contributed by atoms with Gasteiger partial charge in [-0.05, 0) is 37.1 Å². The largest absolute Gasteiger partial charge is 0.493 e. The summed E-state index contributed by atoms with van der Waals surface area (Å²) in [5, 5.41) is 0.474. The van der Waals surface area contributed by atoms with Crippen LogP contribution in [0.3, 0.4) is 0 Å². The van der Waals surface area contributed by atoms with Gasteiger partial charge in [0.05, 0.1) is 47.3 Å². The number of aromatic nitrogens is 2. The Bertz CT molecular complexity index is 1450. The highest BCUT2D eigenvalue weighted by atomic mass is 32.2. The van der Waals surface area contributed by atoms with Gasteiger partial charge in [-0.15, -0.1) is 0 Å². The number of nitrogens with zero attached hydrogens (tertiary/aromatic N) is 2. The maximum Gasteiger partial charge on any atom is 0.259 e. The van der Waals surface area contributed by atoms with Gasteiger partial charge in [0.1, 0.15) is 17.7 Å². The number of H-pyrrole nitrogens is 1. The predicted molar refractivity (Wildman–Crippen MR) is 145 cm³/mol. The van der Waals surface area contributed by atoms with E-state index < -0.39 is 10.0 Å². The van der Waals surface area contributed by atoms with Gasteiger partial charge in [-0.1, -0.05) is 45.2 Å². The number of unbranched alkanes of at least 4 members (excludes halogenated alkanes) is 2. The van der Waals surface area contributed by atoms with Crippen molar-refractivity contribution < 1.29 is 22.6 Å². The first-order valence-corrected chi connectivity index (χ1v) is 14.9. The number of morpholine rings is 1. The van der Waals surface area contributed by atoms with Crippen molar-refractivity contribution in [2.75, 3.05) is 32.9 Å². The molecule has 3 aromatic rings. The van der Waals surface area contributed by atoms with Crippen molar-refractivity contribution in [1.82, 2.24) is 14.3 Å². The maximum atomic E-state index is 13.4. The highest BCUT2D eigenvalue weighted by molar-refractivity contribution is 7.89. The number of rotatable bonds is 11. The Labute approximate surface area is 223 Å². The quantitative estimate of drug-likeness (QED) is 0.282. The molecule has 2 aromatic carbocycles. The van der Waals surface area contributed by atoms with E-state index in [2.05, 4.69) is 11.9 Å². The van der Waals surface area contributed by atoms with E-state index in [4.69, 9.17) is 19.2 Å². The van der Waals surface area contributed by atoms with Crippen LogP contribution in [0.2, 0.25) is 0 Å². The fraction of sp³-hybridized carbons (Fsp3) is 0.500. The molecule has 10 heteroatoms. The molecule has 0 saturated carbocycles. The molecule has 1 N–H and O–H groups in total. The van der Waals surface area contributed by atoms with Gasteiger partial charge >= 0.3 is 0 Å². The second kappa shape index (κ2) is 11.5. The van der Waals surface area contributed by atoms with Crippen LogP contribution in [-0.2, 0) is 19.5 Å². The number of hydrogen-bond acceptors (Lipinski definition) is 7. The second-order valence-electron chi connectivity index (χ2n) is 9.77. The molecule has 2 atom stereocenters. The molecule has 0 aliphatic carbocycles. The molecule has 9 nitrogen and oxygen atoms in total. The lowest BCUT2D eigenvalue weighted by Gasteiger charge is -2.26. The molecule has 1 aromatic heterocycles. The molecule has 2 fully saturated rings. The Hall–Kier alpha value is -2.79. The number of para-hydroxylation sites is 1. The predicted octanol–water partition coefficient (Wildman–Crippen LogP) is 4.42. The Kier molecular flexibility index (Phi) is 8.13. The number of nitrogens with one attached hydrogen (secondary N) is 1. The third-order valence-corrected chi connectivity index (χ3v) is 8.92. The molecule has 0 bridgehead atoms. The monoisotopic (exact) mass is 541 g/mol. The van der Waals surface area contributed by atoms with Crippen molar-refractivity contribution in [3.05, 3.63) is 52.3 Å². The summed E-state index contributed by atoms with van der Waals surface area (Å²) >= 11 is 0. The zero-order valence-corrected chi connectivity index (χ0v) is 22.8. The Balaban J connectivity index is 1.57. The van der Waals surface area contributed by atoms with Crippen molar-refractivity contribution in [2.24, 2.45) is 0 Å². The summed E-state index contributed by atoms with van der Waals surface area (Å²) in [6.45, 7) is 5.91. The fourth-order valence-corrected chi connectivity index (χ4v) is 6.34. The van der Waals surface area contributed by atoms with Crippen molar-refractivity contribution in [3.8, 4) is 17.1 Å². The molecule has 0 amide bonds. The van der Waals surface area contributed by atoms with Crippen LogP contribution in [0.1, 0.15) is 57.6 Å². The number of aromatic amines is 1. The van der Waals surface area contributed by atoms with Crippen LogP contribution in [0, 0.1) is 0 Å². The average Bonchev–Trinajstić information content (AvgIpc) is 3.71. The first-order chi connectivity index (χ1) is 18.4. The molecular formula is C28H35N3O6S. The highest BCUT2D eigenvalue weighted by Crippen LogP contribution is 2.44. The molecule has 204 valence electrons. The van der Waals surface area contributed by atoms with Gasteiger partial charge in [-0.3, -0.25) is 4.79 Å². The van der Waals surface area contributed by atoms with Crippen LogP contribution in [0.4, 0.5) is 0 Å². The van der Waals surface area contributed by atoms with Gasteiger partial charge in [0.2, 0.25) is 10.0 Å². The summed E-state index contributed by atoms with van der Waals surface area (Å²) in [5.41, 5.74) is 1.58. The summed E-state index contributed by atoms with van der Waals surface area (Å²) in [4.78, 5) is 21.0. The molecule has 3 heterocycles. The molecule has 5 rings (SSSR count). The smallest absolute Gasteiger partial charge is 0.259 e. The minimum absolute atomic E-state index is 0.0958. The van der Waals surface area contributed by atoms with Gasteiger partial charge in [0.25, 0.3) is 5.56 Å². The standard InChI is InChI=1S/C28H35N3O6S/c1-3-5-6-10-24-26(37-24)20-8-7-9-21-25(20)29-27(30-28(21)32)22-18-19(11-12-23(22)36-15-4-2)38(33,34)31-13-16-35-17-14-31/h7-9,11-12,18,24,26H,3-6,10,13-17H2,1-2H3,(H,29,30,32). The van der Waals surface area contributed by atoms with E-state index in [1.54, 1.807) is 24.3 Å². The third-order valence-electron chi connectivity index (χ3n) is 7.02. The lowest BCUT2D eigenvalue weighted by molar-refractivity contribution is 0.0730. The van der Waals surface area contributed by atoms with Crippen molar-refractivity contribution in [3.63, 3.8) is 0 Å². The number of fused-ring (bicyclic) bond motifs is 1. The molecule has 2 unspecified atom stereocenters. The lowest BCUT2D eigenvalue weighted by Crippen LogP contribution is -2.40. The number of benzene rings is 2. The van der Waals surface area contributed by atoms with Crippen LogP contribution in [-0.4, -0.2) is 61.7 Å². The molecule has 38 heavy (non-hydrogen) atoms. The van der Waals surface area contributed by atoms with E-state index in [1.165, 1.54) is 4.31 Å². The maximum absolute atomic E-state index is 13.4. The average molecular weight is 542 g/mol. The van der Waals surface area contributed by atoms with Gasteiger partial charge in [0.15, 0.2) is 0 Å². The van der Waals surface area contributed by atoms with E-state index in [1.807, 2.05) is 19.1 Å². The second-order valence-corrected chi connectivity index (χ2v) is 11.7. The summed E-state index contributed by atoms with van der Waals surface area (Å²) in [6, 6.07) is 10.3. The van der Waals surface area contributed by atoms with E-state index in [-0.39, 0.29) is 28.5 Å². The van der Waals surface area contributed by atoms with E-state index in [0.29, 0.717) is 55.1 Å². The fourth-order valence-electron chi connectivity index (χ4n) is 4.90. The van der Waals surface area contributed by atoms with Crippen LogP contribution >= 0.6 is 0 Å². The van der Waals surface area contributed by atoms with E-state index in [0.717, 1.165) is 37.7 Å². The van der Waals surface area contributed by atoms with Crippen molar-refractivity contribution in [1.29, 1.82) is 0 Å². The summed E-state index contributed by atoms with van der Waals surface area (Å²) < 4.78 is 45.5. The van der Waals surface area contributed by atoms with Crippen LogP contribution in [0.5, 0.6) is 5.75 Å². The van der Waals surface area contributed by atoms with Crippen LogP contribution in [0.25, 0.3) is 22.3 Å². The molecule has 2 aliphatic heterocycles. The Morgan fingerprint density at radius 3 is 2.68 bits per heavy atom. The minimum Gasteiger partial charge on any atom is -0.493 e. The first-order valence-electron chi connectivity index (χ1n) is 13.5. The van der Waals surface area contributed by atoms with Crippen molar-refractivity contribution in [2.45, 2.75) is 63.1 Å². The molecule has 0 radical (unpaired) electrons. The minimum atomic E-state index is -3.75. The Morgan fingerprint density at radius 1 is 1.11 bits per heavy atom. The molecule has 0 spiro atoms. The number of hydrogen-bond donors (Lipinski definition) is 1. The zero-order chi connectivity index (χ0) is 26.7. The Morgan fingerprint density at radius 2 is 1.92 bits per heavy atom. The van der Waals surface area contributed by atoms with Gasteiger partial charge < -0.3 is 19.2 Å². The zero-order valence-electron chi connectivity index (χ0n) is 21.9. The highest BCUT2D eigenvalue weighted by Gasteiger charge is 2.40. The first kappa shape index (κ1) is 26.8. The van der Waals surface area contributed by atoms with Crippen LogP contribution < -0.4 is 10.3 Å². The molecular weight excluding hydrogens is 506 g/mol. The van der Waals surface area contributed by atoms with Gasteiger partial charge in [0, 0.05) is 18.7 Å². The SMILES string of the molecule is CCCCCC1OC1c1cccc2c(=O)[nH]c(-c3cc(S(=O)(=O)N4CCOCC4)ccc3OCCC)nc12. The number of sulfonamides is 1. The third kappa shape index (κ3) is 5.49. The van der Waals surface area contributed by atoms with E-state index in [9.17, 15) is 13.2 Å².